The van der Waals surface area contributed by atoms with Gasteiger partial charge in [0, 0.05) is 31.1 Å². The lowest BCUT2D eigenvalue weighted by Gasteiger charge is -2.29. The first-order valence-electron chi connectivity index (χ1n) is 13.1. The van der Waals surface area contributed by atoms with Crippen LogP contribution in [0.25, 0.3) is 11.1 Å². The molecule has 2 N–H and O–H groups in total. The van der Waals surface area contributed by atoms with Gasteiger partial charge in [0.05, 0.1) is 17.4 Å². The molecule has 0 radical (unpaired) electrons. The second-order valence-corrected chi connectivity index (χ2v) is 11.4. The molecular weight excluding hydrogens is 504 g/mol. The Kier molecular flexibility index (Phi) is 8.15. The maximum Gasteiger partial charge on any atom is 0.248 e. The molecule has 1 saturated heterocycles. The Hall–Kier alpha value is -3.66. The van der Waals surface area contributed by atoms with Gasteiger partial charge in [-0.05, 0) is 29.2 Å². The summed E-state index contributed by atoms with van der Waals surface area (Å²) in [7, 11) is 0. The normalized spacial score (nSPS) is 18.4. The van der Waals surface area contributed by atoms with Crippen LogP contribution in [0.1, 0.15) is 58.3 Å². The monoisotopic (exact) mass is 539 g/mol. The topological polar surface area (TPSA) is 100 Å². The first-order valence-corrected chi connectivity index (χ1v) is 13.1. The number of nitrogens with zero attached hydrogens (tertiary/aromatic N) is 4. The summed E-state index contributed by atoms with van der Waals surface area (Å²) in [6, 6.07) is 8.74. The SMILES string of the molecule is CC(C)[C@@H](C(=O)N1C[C@H](O)C[C@H]1C(=O)NCc1ccc(-c2c(F)cccc2F)cc1)n1cc(C(C)(C)C)nn1. The number of aliphatic hydroxyl groups is 1. The molecule has 39 heavy (non-hydrogen) atoms. The number of halogens is 2. The van der Waals surface area contributed by atoms with Crippen LogP contribution in [0.5, 0.6) is 0 Å². The highest BCUT2D eigenvalue weighted by Crippen LogP contribution is 2.29. The van der Waals surface area contributed by atoms with Gasteiger partial charge in [0.25, 0.3) is 0 Å². The average molecular weight is 540 g/mol. The number of amides is 2. The molecule has 0 aliphatic carbocycles. The fourth-order valence-electron chi connectivity index (χ4n) is 4.81. The third-order valence-corrected chi connectivity index (χ3v) is 6.99. The molecule has 0 spiro atoms. The van der Waals surface area contributed by atoms with Crippen molar-refractivity contribution in [3.05, 3.63) is 71.6 Å². The van der Waals surface area contributed by atoms with E-state index in [4.69, 9.17) is 0 Å². The van der Waals surface area contributed by atoms with Gasteiger partial charge in [0.15, 0.2) is 0 Å². The molecule has 0 saturated carbocycles. The first-order chi connectivity index (χ1) is 18.4. The number of nitrogens with one attached hydrogen (secondary N) is 1. The van der Waals surface area contributed by atoms with Gasteiger partial charge in [-0.3, -0.25) is 9.59 Å². The lowest BCUT2D eigenvalue weighted by Crippen LogP contribution is -2.49. The highest BCUT2D eigenvalue weighted by atomic mass is 19.1. The zero-order valence-electron chi connectivity index (χ0n) is 22.9. The summed E-state index contributed by atoms with van der Waals surface area (Å²) in [5.74, 6) is -2.13. The van der Waals surface area contributed by atoms with E-state index >= 15 is 0 Å². The van der Waals surface area contributed by atoms with Crippen molar-refractivity contribution in [2.75, 3.05) is 6.54 Å². The summed E-state index contributed by atoms with van der Waals surface area (Å²) in [6.45, 7) is 10.0. The lowest BCUT2D eigenvalue weighted by atomic mass is 9.93. The molecule has 3 atom stereocenters. The highest BCUT2D eigenvalue weighted by molar-refractivity contribution is 5.90. The first kappa shape index (κ1) is 28.4. The maximum absolute atomic E-state index is 14.1. The number of carbonyl (C=O) groups excluding carboxylic acids is 2. The molecule has 1 fully saturated rings. The van der Waals surface area contributed by atoms with Gasteiger partial charge in [-0.2, -0.15) is 0 Å². The van der Waals surface area contributed by atoms with Crippen molar-refractivity contribution in [2.24, 2.45) is 5.92 Å². The Balaban J connectivity index is 1.46. The number of β-amino-alcohol motifs (C(OH)–C–C–N with tert-alkyl or cyclic N) is 1. The van der Waals surface area contributed by atoms with E-state index in [9.17, 15) is 23.5 Å². The Labute approximate surface area is 227 Å². The summed E-state index contributed by atoms with van der Waals surface area (Å²) in [4.78, 5) is 28.3. The Bertz CT molecular complexity index is 1310. The predicted molar refractivity (Wildman–Crippen MR) is 142 cm³/mol. The molecule has 2 heterocycles. The molecule has 2 amide bonds. The van der Waals surface area contributed by atoms with Crippen LogP contribution in [0.15, 0.2) is 48.7 Å². The molecule has 0 unspecified atom stereocenters. The van der Waals surface area contributed by atoms with Crippen molar-refractivity contribution in [3.8, 4) is 11.1 Å². The van der Waals surface area contributed by atoms with Crippen LogP contribution in [-0.2, 0) is 21.5 Å². The zero-order chi connectivity index (χ0) is 28.5. The molecule has 8 nitrogen and oxygen atoms in total. The van der Waals surface area contributed by atoms with E-state index in [2.05, 4.69) is 15.6 Å². The Morgan fingerprint density at radius 3 is 2.31 bits per heavy atom. The second-order valence-electron chi connectivity index (χ2n) is 11.4. The zero-order valence-corrected chi connectivity index (χ0v) is 22.9. The smallest absolute Gasteiger partial charge is 0.248 e. The van der Waals surface area contributed by atoms with Crippen LogP contribution >= 0.6 is 0 Å². The van der Waals surface area contributed by atoms with Crippen molar-refractivity contribution < 1.29 is 23.5 Å². The second kappa shape index (κ2) is 11.2. The third kappa shape index (κ3) is 6.16. The summed E-state index contributed by atoms with van der Waals surface area (Å²) in [5.41, 5.74) is 1.51. The van der Waals surface area contributed by atoms with Gasteiger partial charge >= 0.3 is 0 Å². The summed E-state index contributed by atoms with van der Waals surface area (Å²) < 4.78 is 29.8. The van der Waals surface area contributed by atoms with Crippen LogP contribution in [-0.4, -0.2) is 55.5 Å². The molecule has 3 aromatic rings. The number of aromatic nitrogens is 3. The summed E-state index contributed by atoms with van der Waals surface area (Å²) in [5, 5.41) is 21.7. The summed E-state index contributed by atoms with van der Waals surface area (Å²) >= 11 is 0. The molecule has 1 aliphatic heterocycles. The van der Waals surface area contributed by atoms with Crippen molar-refractivity contribution in [2.45, 2.75) is 71.2 Å². The minimum absolute atomic E-state index is 0.0455. The number of aliphatic hydroxyl groups excluding tert-OH is 1. The van der Waals surface area contributed by atoms with E-state index in [1.165, 1.54) is 23.1 Å². The number of carbonyl (C=O) groups is 2. The van der Waals surface area contributed by atoms with Crippen LogP contribution in [0.4, 0.5) is 8.78 Å². The molecule has 2 aromatic carbocycles. The number of benzene rings is 2. The fourth-order valence-corrected chi connectivity index (χ4v) is 4.81. The van der Waals surface area contributed by atoms with Gasteiger partial charge in [-0.1, -0.05) is 70.2 Å². The van der Waals surface area contributed by atoms with Gasteiger partial charge < -0.3 is 15.3 Å². The average Bonchev–Trinajstić information content (AvgIpc) is 3.50. The van der Waals surface area contributed by atoms with Crippen molar-refractivity contribution in [1.29, 1.82) is 0 Å². The fraction of sp³-hybridized carbons (Fsp3) is 0.448. The molecule has 4 rings (SSSR count). The minimum atomic E-state index is -0.842. The lowest BCUT2D eigenvalue weighted by molar-refractivity contribution is -0.142. The van der Waals surface area contributed by atoms with E-state index in [0.29, 0.717) is 5.56 Å². The van der Waals surface area contributed by atoms with E-state index in [0.717, 1.165) is 11.3 Å². The van der Waals surface area contributed by atoms with E-state index in [-0.39, 0.29) is 48.2 Å². The van der Waals surface area contributed by atoms with Crippen molar-refractivity contribution in [1.82, 2.24) is 25.2 Å². The van der Waals surface area contributed by atoms with E-state index in [1.54, 1.807) is 35.1 Å². The molecular formula is C29H35F2N5O3. The molecule has 208 valence electrons. The van der Waals surface area contributed by atoms with Crippen molar-refractivity contribution in [3.63, 3.8) is 0 Å². The maximum atomic E-state index is 14.1. The summed E-state index contributed by atoms with van der Waals surface area (Å²) in [6.07, 6.45) is 1.06. The standard InChI is InChI=1S/C29H35F2N5O3/c1-17(2)26(36-16-24(33-34-36)29(3,4)5)28(39)35-15-20(37)13-23(35)27(38)32-14-18-9-11-19(12-10-18)25-21(30)7-6-8-22(25)31/h6-12,16-17,20,23,26,37H,13-15H2,1-5H3,(H,32,38)/t20-,23+,26+/m1/s1. The molecule has 0 bridgehead atoms. The van der Waals surface area contributed by atoms with Crippen LogP contribution in [0, 0.1) is 17.6 Å². The van der Waals surface area contributed by atoms with Gasteiger partial charge in [-0.15, -0.1) is 5.10 Å². The van der Waals surface area contributed by atoms with Crippen LogP contribution in [0.2, 0.25) is 0 Å². The van der Waals surface area contributed by atoms with E-state index < -0.39 is 29.8 Å². The number of hydrogen-bond acceptors (Lipinski definition) is 5. The largest absolute Gasteiger partial charge is 0.391 e. The number of likely N-dealkylation sites (tertiary alicyclic amines) is 1. The Morgan fingerprint density at radius 1 is 1.10 bits per heavy atom. The minimum Gasteiger partial charge on any atom is -0.391 e. The van der Waals surface area contributed by atoms with Gasteiger partial charge in [-0.25, -0.2) is 13.5 Å². The van der Waals surface area contributed by atoms with Gasteiger partial charge in [0.2, 0.25) is 11.8 Å². The predicted octanol–water partition coefficient (Wildman–Crippen LogP) is 4.00. The van der Waals surface area contributed by atoms with Crippen LogP contribution < -0.4 is 5.32 Å². The Morgan fingerprint density at radius 2 is 1.74 bits per heavy atom. The highest BCUT2D eigenvalue weighted by Gasteiger charge is 2.42. The van der Waals surface area contributed by atoms with E-state index in [1.807, 2.05) is 34.6 Å². The number of hydrogen-bond donors (Lipinski definition) is 2. The molecule has 10 heteroatoms. The molecule has 1 aliphatic rings. The quantitative estimate of drug-likeness (QED) is 0.473. The molecule has 1 aromatic heterocycles. The number of rotatable bonds is 7. The van der Waals surface area contributed by atoms with Crippen LogP contribution in [0.3, 0.4) is 0 Å². The third-order valence-electron chi connectivity index (χ3n) is 6.99. The van der Waals surface area contributed by atoms with Crippen molar-refractivity contribution >= 4 is 11.8 Å². The van der Waals surface area contributed by atoms with Gasteiger partial charge in [0.1, 0.15) is 23.7 Å².